The maximum absolute atomic E-state index is 5.32. The van der Waals surface area contributed by atoms with E-state index in [1.54, 1.807) is 13.4 Å². The number of aryl methyl sites for hydroxylation is 1. The van der Waals surface area contributed by atoms with E-state index in [1.165, 1.54) is 0 Å². The summed E-state index contributed by atoms with van der Waals surface area (Å²) >= 11 is 0. The molecule has 0 aliphatic carbocycles. The smallest absolute Gasteiger partial charge is 0.138 e. The van der Waals surface area contributed by atoms with Gasteiger partial charge in [0, 0.05) is 26.1 Å². The summed E-state index contributed by atoms with van der Waals surface area (Å²) in [4.78, 5) is 4.38. The van der Waals surface area contributed by atoms with Crippen LogP contribution in [0, 0.1) is 0 Å². The number of hydrogen-bond donors (Lipinski definition) is 1. The largest absolute Gasteiger partial charge is 0.382 e. The van der Waals surface area contributed by atoms with Gasteiger partial charge in [0.05, 0.1) is 6.10 Å². The van der Waals surface area contributed by atoms with E-state index >= 15 is 0 Å². The molecule has 0 aliphatic heterocycles. The molecular formula is C14H28N4O. The highest BCUT2D eigenvalue weighted by atomic mass is 16.5. The highest BCUT2D eigenvalue weighted by Crippen LogP contribution is 2.09. The number of aromatic nitrogens is 3. The summed E-state index contributed by atoms with van der Waals surface area (Å²) in [6.45, 7) is 8.34. The predicted molar refractivity (Wildman–Crippen MR) is 77.2 cm³/mol. The van der Waals surface area contributed by atoms with Gasteiger partial charge in [-0.1, -0.05) is 13.8 Å². The van der Waals surface area contributed by atoms with Gasteiger partial charge in [-0.15, -0.1) is 0 Å². The summed E-state index contributed by atoms with van der Waals surface area (Å²) in [7, 11) is 1.77. The molecule has 0 aliphatic rings. The highest BCUT2D eigenvalue weighted by Gasteiger charge is 2.14. The van der Waals surface area contributed by atoms with Crippen molar-refractivity contribution in [1.29, 1.82) is 0 Å². The molecule has 1 rings (SSSR count). The van der Waals surface area contributed by atoms with E-state index in [9.17, 15) is 0 Å². The molecule has 0 saturated carbocycles. The van der Waals surface area contributed by atoms with Crippen LogP contribution in [0.4, 0.5) is 0 Å². The minimum Gasteiger partial charge on any atom is -0.382 e. The van der Waals surface area contributed by atoms with Gasteiger partial charge in [0.1, 0.15) is 12.2 Å². The summed E-state index contributed by atoms with van der Waals surface area (Å²) in [5, 5.41) is 7.82. The Labute approximate surface area is 116 Å². The molecule has 5 nitrogen and oxygen atoms in total. The molecule has 0 spiro atoms. The average molecular weight is 268 g/mol. The predicted octanol–water partition coefficient (Wildman–Crippen LogP) is 2.02. The number of nitrogens with one attached hydrogen (secondary N) is 1. The van der Waals surface area contributed by atoms with Crippen molar-refractivity contribution in [3.63, 3.8) is 0 Å². The van der Waals surface area contributed by atoms with E-state index in [0.717, 1.165) is 44.6 Å². The lowest BCUT2D eigenvalue weighted by Gasteiger charge is -2.19. The summed E-state index contributed by atoms with van der Waals surface area (Å²) in [6, 6.07) is 0.447. The summed E-state index contributed by atoms with van der Waals surface area (Å²) in [6.07, 6.45) is 6.16. The number of hydrogen-bond acceptors (Lipinski definition) is 4. The zero-order chi connectivity index (χ0) is 14.1. The highest BCUT2D eigenvalue weighted by molar-refractivity contribution is 4.90. The van der Waals surface area contributed by atoms with Crippen LogP contribution in [-0.4, -0.2) is 40.6 Å². The Morgan fingerprint density at radius 1 is 1.37 bits per heavy atom. The molecule has 1 heterocycles. The molecule has 5 heteroatoms. The maximum Gasteiger partial charge on any atom is 0.138 e. The SMILES string of the molecule is CCCn1ncnc1CC(CCC(C)OC)NCC. The van der Waals surface area contributed by atoms with Gasteiger partial charge in [-0.25, -0.2) is 4.98 Å². The van der Waals surface area contributed by atoms with Gasteiger partial charge in [0.2, 0.25) is 0 Å². The van der Waals surface area contributed by atoms with Gasteiger partial charge in [-0.3, -0.25) is 4.68 Å². The van der Waals surface area contributed by atoms with E-state index in [1.807, 2.05) is 4.68 Å². The van der Waals surface area contributed by atoms with Crippen molar-refractivity contribution in [3.8, 4) is 0 Å². The number of rotatable bonds is 10. The van der Waals surface area contributed by atoms with Crippen molar-refractivity contribution in [1.82, 2.24) is 20.1 Å². The lowest BCUT2D eigenvalue weighted by Crippen LogP contribution is -2.33. The Bertz CT molecular complexity index is 340. The molecule has 2 atom stereocenters. The Morgan fingerprint density at radius 3 is 2.79 bits per heavy atom. The van der Waals surface area contributed by atoms with E-state index in [0.29, 0.717) is 12.1 Å². The molecule has 0 amide bonds. The Balaban J connectivity index is 2.53. The van der Waals surface area contributed by atoms with Crippen LogP contribution in [0.3, 0.4) is 0 Å². The molecule has 0 saturated heterocycles. The lowest BCUT2D eigenvalue weighted by molar-refractivity contribution is 0.106. The van der Waals surface area contributed by atoms with E-state index in [-0.39, 0.29) is 0 Å². The van der Waals surface area contributed by atoms with Crippen molar-refractivity contribution >= 4 is 0 Å². The van der Waals surface area contributed by atoms with Crippen molar-refractivity contribution in [2.75, 3.05) is 13.7 Å². The molecule has 0 bridgehead atoms. The van der Waals surface area contributed by atoms with Crippen LogP contribution < -0.4 is 5.32 Å². The standard InChI is InChI=1S/C14H28N4O/c1-5-9-18-14(16-11-17-18)10-13(15-6-2)8-7-12(3)19-4/h11-13,15H,5-10H2,1-4H3. The molecule has 2 unspecified atom stereocenters. The van der Waals surface area contributed by atoms with Crippen LogP contribution in [0.25, 0.3) is 0 Å². The van der Waals surface area contributed by atoms with Gasteiger partial charge in [-0.2, -0.15) is 5.10 Å². The van der Waals surface area contributed by atoms with Gasteiger partial charge in [0.15, 0.2) is 0 Å². The zero-order valence-electron chi connectivity index (χ0n) is 12.7. The maximum atomic E-state index is 5.32. The fourth-order valence-electron chi connectivity index (χ4n) is 2.18. The zero-order valence-corrected chi connectivity index (χ0v) is 12.7. The topological polar surface area (TPSA) is 52.0 Å². The molecule has 1 N–H and O–H groups in total. The van der Waals surface area contributed by atoms with Gasteiger partial charge < -0.3 is 10.1 Å². The monoisotopic (exact) mass is 268 g/mol. The fourth-order valence-corrected chi connectivity index (χ4v) is 2.18. The van der Waals surface area contributed by atoms with Gasteiger partial charge in [0.25, 0.3) is 0 Å². The molecule has 110 valence electrons. The van der Waals surface area contributed by atoms with E-state index in [4.69, 9.17) is 4.74 Å². The normalized spacial score (nSPS) is 14.5. The molecule has 1 aromatic heterocycles. The molecule has 0 aromatic carbocycles. The third-order valence-electron chi connectivity index (χ3n) is 3.38. The first-order chi connectivity index (χ1) is 9.21. The number of nitrogens with zero attached hydrogens (tertiary/aromatic N) is 3. The number of ether oxygens (including phenoxy) is 1. The second kappa shape index (κ2) is 9.04. The summed E-state index contributed by atoms with van der Waals surface area (Å²) in [5.41, 5.74) is 0. The first kappa shape index (κ1) is 16.1. The van der Waals surface area contributed by atoms with Crippen LogP contribution in [0.15, 0.2) is 6.33 Å². The molecular weight excluding hydrogens is 240 g/mol. The van der Waals surface area contributed by atoms with Gasteiger partial charge in [-0.05, 0) is 32.7 Å². The second-order valence-electron chi connectivity index (χ2n) is 4.98. The summed E-state index contributed by atoms with van der Waals surface area (Å²) < 4.78 is 7.33. The quantitative estimate of drug-likeness (QED) is 0.705. The van der Waals surface area contributed by atoms with Crippen LogP contribution in [0.5, 0.6) is 0 Å². The second-order valence-corrected chi connectivity index (χ2v) is 4.98. The molecule has 0 radical (unpaired) electrons. The fraction of sp³-hybridized carbons (Fsp3) is 0.857. The Kier molecular flexibility index (Phi) is 7.67. The van der Waals surface area contributed by atoms with Crippen LogP contribution in [0.2, 0.25) is 0 Å². The Morgan fingerprint density at radius 2 is 2.16 bits per heavy atom. The van der Waals surface area contributed by atoms with Crippen LogP contribution in [-0.2, 0) is 17.7 Å². The third kappa shape index (κ3) is 5.70. The van der Waals surface area contributed by atoms with Gasteiger partial charge >= 0.3 is 0 Å². The third-order valence-corrected chi connectivity index (χ3v) is 3.38. The van der Waals surface area contributed by atoms with Crippen LogP contribution >= 0.6 is 0 Å². The first-order valence-corrected chi connectivity index (χ1v) is 7.34. The average Bonchev–Trinajstić information content (AvgIpc) is 2.83. The van der Waals surface area contributed by atoms with E-state index < -0.39 is 0 Å². The minimum atomic E-state index is 0.315. The van der Waals surface area contributed by atoms with E-state index in [2.05, 4.69) is 36.2 Å². The minimum absolute atomic E-state index is 0.315. The first-order valence-electron chi connectivity index (χ1n) is 7.34. The van der Waals surface area contributed by atoms with Crippen LogP contribution in [0.1, 0.15) is 45.9 Å². The summed E-state index contributed by atoms with van der Waals surface area (Å²) in [5.74, 6) is 1.08. The molecule has 19 heavy (non-hydrogen) atoms. The molecule has 0 fully saturated rings. The van der Waals surface area contributed by atoms with Crippen molar-refractivity contribution < 1.29 is 4.74 Å². The van der Waals surface area contributed by atoms with Crippen molar-refractivity contribution in [2.24, 2.45) is 0 Å². The number of likely N-dealkylation sites (N-methyl/N-ethyl adjacent to an activating group) is 1. The van der Waals surface area contributed by atoms with Crippen molar-refractivity contribution in [2.45, 2.75) is 65.1 Å². The Hall–Kier alpha value is -0.940. The lowest BCUT2D eigenvalue weighted by atomic mass is 10.0. The van der Waals surface area contributed by atoms with Crippen molar-refractivity contribution in [3.05, 3.63) is 12.2 Å². The number of methoxy groups -OCH3 is 1. The molecule has 1 aromatic rings.